The van der Waals surface area contributed by atoms with Crippen molar-refractivity contribution >= 4 is 31.6 Å². The first-order chi connectivity index (χ1) is 7.79. The van der Waals surface area contributed by atoms with Gasteiger partial charge in [-0.25, -0.2) is 4.79 Å². The minimum absolute atomic E-state index is 0.165. The summed E-state index contributed by atoms with van der Waals surface area (Å²) in [5, 5.41) is 2.25. The Bertz CT molecular complexity index is 727. The Morgan fingerprint density at radius 2 is 2.12 bits per heavy atom. The van der Waals surface area contributed by atoms with Gasteiger partial charge in [-0.15, -0.1) is 11.3 Å². The maximum Gasteiger partial charge on any atom is 0.348 e. The number of fused-ring (bicyclic) bond motifs is 3. The monoisotopic (exact) mass is 230 g/mol. The summed E-state index contributed by atoms with van der Waals surface area (Å²) in [6.07, 6.45) is 1.91. The quantitative estimate of drug-likeness (QED) is 0.644. The van der Waals surface area contributed by atoms with E-state index in [0.29, 0.717) is 6.54 Å². The van der Waals surface area contributed by atoms with Gasteiger partial charge in [-0.05, 0) is 13.0 Å². The van der Waals surface area contributed by atoms with Crippen LogP contribution in [0.25, 0.3) is 20.3 Å². The molecule has 16 heavy (non-hydrogen) atoms. The van der Waals surface area contributed by atoms with E-state index in [-0.39, 0.29) is 5.69 Å². The fraction of sp³-hybridized carbons (Fsp3) is 0.167. The molecule has 3 rings (SSSR count). The number of rotatable bonds is 1. The van der Waals surface area contributed by atoms with Gasteiger partial charge in [0.2, 0.25) is 0 Å². The highest BCUT2D eigenvalue weighted by Crippen LogP contribution is 2.30. The molecule has 0 atom stereocenters. The summed E-state index contributed by atoms with van der Waals surface area (Å²) in [6.45, 7) is 2.61. The molecule has 0 saturated carbocycles. The lowest BCUT2D eigenvalue weighted by Crippen LogP contribution is -2.20. The summed E-state index contributed by atoms with van der Waals surface area (Å²) >= 11 is 1.57. The molecule has 3 nitrogen and oxygen atoms in total. The third-order valence-electron chi connectivity index (χ3n) is 2.68. The second-order valence-corrected chi connectivity index (χ2v) is 4.66. The molecule has 0 unspecified atom stereocenters. The second-order valence-electron chi connectivity index (χ2n) is 3.63. The Kier molecular flexibility index (Phi) is 2.04. The molecule has 0 saturated heterocycles. The Balaban J connectivity index is 2.52. The second kappa shape index (κ2) is 3.42. The van der Waals surface area contributed by atoms with Crippen molar-refractivity contribution in [1.29, 1.82) is 0 Å². The van der Waals surface area contributed by atoms with Gasteiger partial charge in [-0.1, -0.05) is 18.2 Å². The smallest absolute Gasteiger partial charge is 0.299 e. The van der Waals surface area contributed by atoms with Crippen molar-refractivity contribution in [2.45, 2.75) is 13.5 Å². The molecule has 1 aromatic carbocycles. The van der Waals surface area contributed by atoms with E-state index in [0.717, 1.165) is 10.2 Å². The summed E-state index contributed by atoms with van der Waals surface area (Å²) in [5.74, 6) is 0. The van der Waals surface area contributed by atoms with Crippen molar-refractivity contribution < 1.29 is 0 Å². The van der Waals surface area contributed by atoms with Gasteiger partial charge in [-0.3, -0.25) is 4.57 Å². The van der Waals surface area contributed by atoms with E-state index < -0.39 is 0 Å². The van der Waals surface area contributed by atoms with E-state index >= 15 is 0 Å². The molecule has 0 N–H and O–H groups in total. The van der Waals surface area contributed by atoms with Gasteiger partial charge in [-0.2, -0.15) is 4.98 Å². The van der Waals surface area contributed by atoms with Crippen LogP contribution in [0.2, 0.25) is 0 Å². The first kappa shape index (κ1) is 9.54. The molecule has 80 valence electrons. The predicted octanol–water partition coefficient (Wildman–Crippen LogP) is 2.63. The van der Waals surface area contributed by atoms with Gasteiger partial charge in [0.05, 0.1) is 0 Å². The Hall–Kier alpha value is -1.68. The van der Waals surface area contributed by atoms with Crippen LogP contribution in [0.15, 0.2) is 35.3 Å². The maximum atomic E-state index is 11.6. The number of hydrogen-bond acceptors (Lipinski definition) is 3. The van der Waals surface area contributed by atoms with Crippen molar-refractivity contribution in [3.8, 4) is 0 Å². The van der Waals surface area contributed by atoms with Crippen molar-refractivity contribution in [1.82, 2.24) is 9.55 Å². The standard InChI is InChI=1S/C12H10N2OS/c1-2-14-7-9-8-5-3-4-6-10(8)16-11(9)13-12(14)15/h3-7H,2H2,1H3. The molecule has 0 aliphatic carbocycles. The van der Waals surface area contributed by atoms with E-state index in [1.807, 2.05) is 25.3 Å². The Labute approximate surface area is 96.0 Å². The molecule has 0 fully saturated rings. The third-order valence-corrected chi connectivity index (χ3v) is 3.76. The zero-order valence-electron chi connectivity index (χ0n) is 8.80. The van der Waals surface area contributed by atoms with E-state index in [2.05, 4.69) is 17.1 Å². The first-order valence-corrected chi connectivity index (χ1v) is 6.00. The zero-order chi connectivity index (χ0) is 11.1. The fourth-order valence-corrected chi connectivity index (χ4v) is 2.89. The number of aryl methyl sites for hydroxylation is 1. The zero-order valence-corrected chi connectivity index (χ0v) is 9.62. The van der Waals surface area contributed by atoms with Crippen molar-refractivity contribution in [3.63, 3.8) is 0 Å². The van der Waals surface area contributed by atoms with Crippen LogP contribution in [-0.2, 0) is 6.54 Å². The van der Waals surface area contributed by atoms with E-state index in [9.17, 15) is 4.79 Å². The Morgan fingerprint density at radius 1 is 1.31 bits per heavy atom. The van der Waals surface area contributed by atoms with E-state index in [1.54, 1.807) is 15.9 Å². The van der Waals surface area contributed by atoms with Crippen molar-refractivity contribution in [2.75, 3.05) is 0 Å². The van der Waals surface area contributed by atoms with Crippen LogP contribution < -0.4 is 5.69 Å². The van der Waals surface area contributed by atoms with Crippen LogP contribution in [0.4, 0.5) is 0 Å². The summed E-state index contributed by atoms with van der Waals surface area (Å²) in [6, 6.07) is 8.14. The molecule has 0 aliphatic rings. The Morgan fingerprint density at radius 3 is 2.94 bits per heavy atom. The van der Waals surface area contributed by atoms with Crippen LogP contribution in [0.3, 0.4) is 0 Å². The van der Waals surface area contributed by atoms with Gasteiger partial charge in [0.1, 0.15) is 4.83 Å². The van der Waals surface area contributed by atoms with Gasteiger partial charge in [0.25, 0.3) is 0 Å². The molecule has 0 bridgehead atoms. The average molecular weight is 230 g/mol. The van der Waals surface area contributed by atoms with E-state index in [4.69, 9.17) is 0 Å². The lowest BCUT2D eigenvalue weighted by molar-refractivity contribution is 0.710. The summed E-state index contributed by atoms with van der Waals surface area (Å²) < 4.78 is 2.82. The van der Waals surface area contributed by atoms with Crippen LogP contribution in [0.1, 0.15) is 6.92 Å². The molecule has 2 heterocycles. The number of hydrogen-bond donors (Lipinski definition) is 0. The first-order valence-electron chi connectivity index (χ1n) is 5.18. The highest BCUT2D eigenvalue weighted by atomic mass is 32.1. The molecular formula is C12H10N2OS. The molecule has 2 aromatic heterocycles. The number of thiophene rings is 1. The van der Waals surface area contributed by atoms with Crippen LogP contribution in [-0.4, -0.2) is 9.55 Å². The molecule has 0 amide bonds. The normalized spacial score (nSPS) is 11.3. The predicted molar refractivity (Wildman–Crippen MR) is 67.1 cm³/mol. The lowest BCUT2D eigenvalue weighted by Gasteiger charge is -1.99. The fourth-order valence-electron chi connectivity index (χ4n) is 1.85. The van der Waals surface area contributed by atoms with E-state index in [1.165, 1.54) is 10.1 Å². The molecule has 0 aliphatic heterocycles. The molecule has 4 heteroatoms. The topological polar surface area (TPSA) is 34.9 Å². The SMILES string of the molecule is CCn1cc2c(nc1=O)sc1ccccc12. The van der Waals surface area contributed by atoms with Gasteiger partial charge >= 0.3 is 5.69 Å². The number of aromatic nitrogens is 2. The largest absolute Gasteiger partial charge is 0.348 e. The summed E-state index contributed by atoms with van der Waals surface area (Å²) in [7, 11) is 0. The number of nitrogens with zero attached hydrogens (tertiary/aromatic N) is 2. The van der Waals surface area contributed by atoms with Gasteiger partial charge < -0.3 is 0 Å². The van der Waals surface area contributed by atoms with Crippen molar-refractivity contribution in [3.05, 3.63) is 40.9 Å². The molecule has 0 radical (unpaired) electrons. The van der Waals surface area contributed by atoms with Crippen LogP contribution in [0.5, 0.6) is 0 Å². The van der Waals surface area contributed by atoms with Gasteiger partial charge in [0.15, 0.2) is 0 Å². The highest BCUT2D eigenvalue weighted by molar-refractivity contribution is 7.25. The molecule has 0 spiro atoms. The highest BCUT2D eigenvalue weighted by Gasteiger charge is 2.07. The van der Waals surface area contributed by atoms with Crippen LogP contribution in [0, 0.1) is 0 Å². The minimum atomic E-state index is -0.165. The number of benzene rings is 1. The summed E-state index contributed by atoms with van der Waals surface area (Å²) in [5.41, 5.74) is -0.165. The summed E-state index contributed by atoms with van der Waals surface area (Å²) in [4.78, 5) is 16.5. The van der Waals surface area contributed by atoms with Crippen molar-refractivity contribution in [2.24, 2.45) is 0 Å². The molecule has 3 aromatic rings. The lowest BCUT2D eigenvalue weighted by atomic mass is 10.2. The molecular weight excluding hydrogens is 220 g/mol. The average Bonchev–Trinajstić information content (AvgIpc) is 2.65. The third kappa shape index (κ3) is 1.27. The minimum Gasteiger partial charge on any atom is -0.299 e. The van der Waals surface area contributed by atoms with Crippen LogP contribution >= 0.6 is 11.3 Å². The van der Waals surface area contributed by atoms with Gasteiger partial charge in [0, 0.05) is 28.2 Å². The maximum absolute atomic E-state index is 11.6.